The lowest BCUT2D eigenvalue weighted by molar-refractivity contribution is -0.124. The van der Waals surface area contributed by atoms with Gasteiger partial charge in [0.25, 0.3) is 5.91 Å². The largest absolute Gasteiger partial charge is 0.493 e. The van der Waals surface area contributed by atoms with E-state index in [0.29, 0.717) is 22.6 Å². The molecule has 2 aromatic carbocycles. The van der Waals surface area contributed by atoms with E-state index in [0.717, 1.165) is 6.42 Å². The number of likely N-dealkylation sites (N-methyl/N-ethyl adjacent to an activating group) is 1. The Bertz CT molecular complexity index is 962. The second-order valence-corrected chi connectivity index (χ2v) is 7.47. The molecule has 3 atom stereocenters. The summed E-state index contributed by atoms with van der Waals surface area (Å²) in [7, 11) is 4.56. The minimum atomic E-state index is -0.812. The van der Waals surface area contributed by atoms with Crippen molar-refractivity contribution in [3.05, 3.63) is 58.9 Å². The van der Waals surface area contributed by atoms with Crippen LogP contribution in [0.5, 0.6) is 11.5 Å². The molecule has 0 aromatic heterocycles. The molecular formula is C23H27FN2O4. The lowest BCUT2D eigenvalue weighted by atomic mass is 9.79. The van der Waals surface area contributed by atoms with Crippen LogP contribution in [0.4, 0.5) is 4.39 Å². The Morgan fingerprint density at radius 1 is 1.17 bits per heavy atom. The summed E-state index contributed by atoms with van der Waals surface area (Å²) in [5.74, 6) is -1.07. The first-order chi connectivity index (χ1) is 14.3. The Morgan fingerprint density at radius 2 is 1.80 bits per heavy atom. The quantitative estimate of drug-likeness (QED) is 0.783. The van der Waals surface area contributed by atoms with E-state index in [-0.39, 0.29) is 23.4 Å². The standard InChI is InChI=1S/C23H27FN2O4/c1-6-13(2)25-22(27)20-15-11-18(29-4)19(30-5)12-16(15)23(28)26(3)21(20)14-9-7-8-10-17(14)24/h7-13,20-21H,6H2,1-5H3,(H,25,27)/t13-,20-,21-/m0/s1. The number of nitrogens with zero attached hydrogens (tertiary/aromatic N) is 1. The van der Waals surface area contributed by atoms with E-state index in [2.05, 4.69) is 5.32 Å². The van der Waals surface area contributed by atoms with Gasteiger partial charge < -0.3 is 19.7 Å². The molecular weight excluding hydrogens is 387 g/mol. The maximum atomic E-state index is 14.8. The number of benzene rings is 2. The third-order valence-electron chi connectivity index (χ3n) is 5.68. The maximum Gasteiger partial charge on any atom is 0.254 e. The van der Waals surface area contributed by atoms with Crippen LogP contribution in [0.2, 0.25) is 0 Å². The summed E-state index contributed by atoms with van der Waals surface area (Å²) < 4.78 is 25.5. The van der Waals surface area contributed by atoms with Crippen LogP contribution in [-0.4, -0.2) is 44.0 Å². The first-order valence-electron chi connectivity index (χ1n) is 9.91. The Morgan fingerprint density at radius 3 is 2.40 bits per heavy atom. The number of hydrogen-bond donors (Lipinski definition) is 1. The SMILES string of the molecule is CC[C@H](C)NC(=O)[C@H]1c2cc(OC)c(OC)cc2C(=O)N(C)[C@H]1c1ccccc1F. The van der Waals surface area contributed by atoms with Gasteiger partial charge in [0.05, 0.1) is 26.2 Å². The summed E-state index contributed by atoms with van der Waals surface area (Å²) >= 11 is 0. The molecule has 1 N–H and O–H groups in total. The summed E-state index contributed by atoms with van der Waals surface area (Å²) in [6, 6.07) is 8.59. The number of hydrogen-bond acceptors (Lipinski definition) is 4. The Labute approximate surface area is 176 Å². The third-order valence-corrected chi connectivity index (χ3v) is 5.68. The maximum absolute atomic E-state index is 14.8. The van der Waals surface area contributed by atoms with Crippen molar-refractivity contribution in [1.29, 1.82) is 0 Å². The van der Waals surface area contributed by atoms with Crippen molar-refractivity contribution in [3.63, 3.8) is 0 Å². The van der Waals surface area contributed by atoms with E-state index in [1.165, 1.54) is 25.2 Å². The molecule has 0 saturated carbocycles. The van der Waals surface area contributed by atoms with Crippen LogP contribution in [0.25, 0.3) is 0 Å². The molecule has 2 aromatic rings. The molecule has 0 saturated heterocycles. The smallest absolute Gasteiger partial charge is 0.254 e. The highest BCUT2D eigenvalue weighted by Gasteiger charge is 2.44. The Kier molecular flexibility index (Phi) is 6.29. The molecule has 2 amide bonds. The second kappa shape index (κ2) is 8.73. The summed E-state index contributed by atoms with van der Waals surface area (Å²) in [6.07, 6.45) is 0.746. The molecule has 1 aliphatic heterocycles. The molecule has 0 radical (unpaired) electrons. The molecule has 7 heteroatoms. The van der Waals surface area contributed by atoms with Crippen molar-refractivity contribution in [2.75, 3.05) is 21.3 Å². The summed E-state index contributed by atoms with van der Waals surface area (Å²) in [4.78, 5) is 28.0. The van der Waals surface area contributed by atoms with Crippen LogP contribution >= 0.6 is 0 Å². The van der Waals surface area contributed by atoms with E-state index in [9.17, 15) is 14.0 Å². The number of nitrogens with one attached hydrogen (secondary N) is 1. The van der Waals surface area contributed by atoms with Crippen molar-refractivity contribution >= 4 is 11.8 Å². The Balaban J connectivity index is 2.24. The number of rotatable bonds is 6. The number of amides is 2. The molecule has 0 spiro atoms. The van der Waals surface area contributed by atoms with Crippen molar-refractivity contribution < 1.29 is 23.5 Å². The summed E-state index contributed by atoms with van der Waals surface area (Å²) in [6.45, 7) is 3.88. The lowest BCUT2D eigenvalue weighted by Gasteiger charge is -2.40. The average Bonchev–Trinajstić information content (AvgIpc) is 2.75. The third kappa shape index (κ3) is 3.72. The zero-order valence-corrected chi connectivity index (χ0v) is 17.9. The Hall–Kier alpha value is -3.09. The topological polar surface area (TPSA) is 67.9 Å². The van der Waals surface area contributed by atoms with Crippen LogP contribution in [0, 0.1) is 5.82 Å². The predicted molar refractivity (Wildman–Crippen MR) is 111 cm³/mol. The highest BCUT2D eigenvalue weighted by atomic mass is 19.1. The monoisotopic (exact) mass is 414 g/mol. The van der Waals surface area contributed by atoms with E-state index >= 15 is 0 Å². The van der Waals surface area contributed by atoms with Crippen LogP contribution in [0.3, 0.4) is 0 Å². The van der Waals surface area contributed by atoms with Gasteiger partial charge in [-0.15, -0.1) is 0 Å². The van der Waals surface area contributed by atoms with Crippen molar-refractivity contribution in [3.8, 4) is 11.5 Å². The van der Waals surface area contributed by atoms with Gasteiger partial charge in [-0.05, 0) is 37.1 Å². The number of methoxy groups -OCH3 is 2. The van der Waals surface area contributed by atoms with E-state index in [1.54, 1.807) is 37.4 Å². The van der Waals surface area contributed by atoms with Gasteiger partial charge in [0, 0.05) is 24.2 Å². The van der Waals surface area contributed by atoms with Gasteiger partial charge in [-0.25, -0.2) is 4.39 Å². The molecule has 6 nitrogen and oxygen atoms in total. The molecule has 160 valence electrons. The van der Waals surface area contributed by atoms with Crippen LogP contribution < -0.4 is 14.8 Å². The second-order valence-electron chi connectivity index (χ2n) is 7.47. The minimum absolute atomic E-state index is 0.0645. The molecule has 3 rings (SSSR count). The number of halogens is 1. The molecule has 0 fully saturated rings. The number of carbonyl (C=O) groups excluding carboxylic acids is 2. The fourth-order valence-corrected chi connectivity index (χ4v) is 3.87. The van der Waals surface area contributed by atoms with Crippen molar-refractivity contribution in [2.24, 2.45) is 0 Å². The molecule has 30 heavy (non-hydrogen) atoms. The first kappa shape index (κ1) is 21.6. The zero-order valence-electron chi connectivity index (χ0n) is 17.9. The summed E-state index contributed by atoms with van der Waals surface area (Å²) in [5.41, 5.74) is 1.12. The van der Waals surface area contributed by atoms with Gasteiger partial charge in [0.2, 0.25) is 5.91 Å². The first-order valence-corrected chi connectivity index (χ1v) is 9.91. The lowest BCUT2D eigenvalue weighted by Crippen LogP contribution is -2.47. The van der Waals surface area contributed by atoms with Gasteiger partial charge in [-0.1, -0.05) is 25.1 Å². The fraction of sp³-hybridized carbons (Fsp3) is 0.391. The average molecular weight is 414 g/mol. The van der Waals surface area contributed by atoms with Crippen LogP contribution in [0.15, 0.2) is 36.4 Å². The highest BCUT2D eigenvalue weighted by molar-refractivity contribution is 6.02. The minimum Gasteiger partial charge on any atom is -0.493 e. The van der Waals surface area contributed by atoms with Crippen LogP contribution in [0.1, 0.15) is 53.7 Å². The van der Waals surface area contributed by atoms with Gasteiger partial charge in [0.15, 0.2) is 11.5 Å². The van der Waals surface area contributed by atoms with Crippen molar-refractivity contribution in [2.45, 2.75) is 38.3 Å². The van der Waals surface area contributed by atoms with Gasteiger partial charge in [-0.2, -0.15) is 0 Å². The van der Waals surface area contributed by atoms with Gasteiger partial charge in [0.1, 0.15) is 5.82 Å². The predicted octanol–water partition coefficient (Wildman–Crippen LogP) is 3.67. The van der Waals surface area contributed by atoms with E-state index in [4.69, 9.17) is 9.47 Å². The molecule has 1 heterocycles. The van der Waals surface area contributed by atoms with Gasteiger partial charge >= 0.3 is 0 Å². The summed E-state index contributed by atoms with van der Waals surface area (Å²) in [5, 5.41) is 2.99. The van der Waals surface area contributed by atoms with Crippen LogP contribution in [-0.2, 0) is 4.79 Å². The van der Waals surface area contributed by atoms with Crippen molar-refractivity contribution in [1.82, 2.24) is 10.2 Å². The zero-order chi connectivity index (χ0) is 22.0. The molecule has 0 aliphatic carbocycles. The number of ether oxygens (including phenoxy) is 2. The fourth-order valence-electron chi connectivity index (χ4n) is 3.87. The van der Waals surface area contributed by atoms with Gasteiger partial charge in [-0.3, -0.25) is 9.59 Å². The number of fused-ring (bicyclic) bond motifs is 1. The molecule has 1 aliphatic rings. The molecule has 0 unspecified atom stereocenters. The normalized spacial score (nSPS) is 19.1. The van der Waals surface area contributed by atoms with E-state index in [1.807, 2.05) is 13.8 Å². The molecule has 0 bridgehead atoms. The highest BCUT2D eigenvalue weighted by Crippen LogP contribution is 2.46. The van der Waals surface area contributed by atoms with E-state index < -0.39 is 17.8 Å². The number of carbonyl (C=O) groups is 2.